The lowest BCUT2D eigenvalue weighted by Gasteiger charge is -2.10. The number of halogens is 2. The molecule has 0 atom stereocenters. The topological polar surface area (TPSA) is 58.9 Å². The maximum atomic E-state index is 13.5. The zero-order chi connectivity index (χ0) is 13.4. The maximum Gasteiger partial charge on any atom is 0.269 e. The molecule has 1 aromatic heterocycles. The lowest BCUT2D eigenvalue weighted by molar-refractivity contribution is 0.619. The third-order valence-electron chi connectivity index (χ3n) is 2.91. The second kappa shape index (κ2) is 4.46. The zero-order valence-electron chi connectivity index (χ0n) is 9.97. The smallest absolute Gasteiger partial charge is 0.269 e. The van der Waals surface area contributed by atoms with E-state index in [1.54, 1.807) is 26.0 Å². The van der Waals surface area contributed by atoms with Crippen molar-refractivity contribution in [2.45, 2.75) is 13.8 Å². The van der Waals surface area contributed by atoms with Gasteiger partial charge in [-0.3, -0.25) is 4.79 Å². The van der Waals surface area contributed by atoms with Gasteiger partial charge in [0, 0.05) is 5.56 Å². The van der Waals surface area contributed by atoms with Gasteiger partial charge in [0.2, 0.25) is 0 Å². The number of rotatable bonds is 1. The largest absolute Gasteiger partial charge is 0.397 e. The molecular formula is C13H12ClFN2O. The molecule has 0 radical (unpaired) electrons. The molecule has 0 saturated carbocycles. The van der Waals surface area contributed by atoms with Gasteiger partial charge in [-0.15, -0.1) is 0 Å². The number of nitrogens with one attached hydrogen (secondary N) is 1. The van der Waals surface area contributed by atoms with Gasteiger partial charge in [-0.2, -0.15) is 0 Å². The van der Waals surface area contributed by atoms with E-state index in [1.165, 1.54) is 6.07 Å². The Kier molecular flexibility index (Phi) is 3.13. The van der Waals surface area contributed by atoms with E-state index >= 15 is 0 Å². The molecule has 0 aliphatic carbocycles. The highest BCUT2D eigenvalue weighted by Gasteiger charge is 2.12. The van der Waals surface area contributed by atoms with Gasteiger partial charge in [0.15, 0.2) is 0 Å². The first-order valence-corrected chi connectivity index (χ1v) is 5.74. The van der Waals surface area contributed by atoms with Gasteiger partial charge in [-0.05, 0) is 31.0 Å². The van der Waals surface area contributed by atoms with Gasteiger partial charge >= 0.3 is 0 Å². The average Bonchev–Trinajstić information content (AvgIpc) is 2.35. The highest BCUT2D eigenvalue weighted by Crippen LogP contribution is 2.28. The van der Waals surface area contributed by atoms with E-state index in [2.05, 4.69) is 4.98 Å². The second-order valence-corrected chi connectivity index (χ2v) is 4.52. The summed E-state index contributed by atoms with van der Waals surface area (Å²) in [4.78, 5) is 14.2. The van der Waals surface area contributed by atoms with E-state index in [1.807, 2.05) is 0 Å². The van der Waals surface area contributed by atoms with Crippen molar-refractivity contribution < 1.29 is 4.39 Å². The van der Waals surface area contributed by atoms with Crippen molar-refractivity contribution in [3.63, 3.8) is 0 Å². The van der Waals surface area contributed by atoms with Crippen molar-refractivity contribution in [1.29, 1.82) is 0 Å². The summed E-state index contributed by atoms with van der Waals surface area (Å²) in [5, 5.41) is -0.0381. The lowest BCUT2D eigenvalue weighted by atomic mass is 10.0. The van der Waals surface area contributed by atoms with E-state index in [4.69, 9.17) is 17.3 Å². The molecule has 0 bridgehead atoms. The third kappa shape index (κ3) is 1.99. The number of hydrogen-bond donors (Lipinski definition) is 2. The molecule has 1 aromatic carbocycles. The molecule has 3 nitrogen and oxygen atoms in total. The minimum atomic E-state index is -0.476. The van der Waals surface area contributed by atoms with Gasteiger partial charge in [-0.1, -0.05) is 23.7 Å². The molecule has 0 spiro atoms. The number of benzene rings is 1. The molecule has 0 amide bonds. The second-order valence-electron chi connectivity index (χ2n) is 4.15. The number of aromatic nitrogens is 1. The molecule has 0 unspecified atom stereocenters. The molecule has 2 rings (SSSR count). The number of nitrogens with two attached hydrogens (primary N) is 1. The number of nitrogen functional groups attached to an aromatic ring is 1. The Hall–Kier alpha value is -1.81. The molecule has 2 aromatic rings. The molecule has 94 valence electrons. The fourth-order valence-corrected chi connectivity index (χ4v) is 1.91. The van der Waals surface area contributed by atoms with Gasteiger partial charge < -0.3 is 10.7 Å². The van der Waals surface area contributed by atoms with Crippen molar-refractivity contribution in [2.75, 3.05) is 5.73 Å². The van der Waals surface area contributed by atoms with E-state index in [0.717, 1.165) is 0 Å². The van der Waals surface area contributed by atoms with Crippen LogP contribution in [0.1, 0.15) is 11.1 Å². The first kappa shape index (κ1) is 12.6. The van der Waals surface area contributed by atoms with Crippen LogP contribution in [-0.4, -0.2) is 4.98 Å². The molecule has 1 heterocycles. The van der Waals surface area contributed by atoms with Gasteiger partial charge in [0.05, 0.1) is 11.4 Å². The van der Waals surface area contributed by atoms with Crippen molar-refractivity contribution >= 4 is 17.3 Å². The van der Waals surface area contributed by atoms with Crippen LogP contribution in [-0.2, 0) is 0 Å². The first-order valence-electron chi connectivity index (χ1n) is 5.36. The third-order valence-corrected chi connectivity index (χ3v) is 3.29. The van der Waals surface area contributed by atoms with Crippen LogP contribution >= 0.6 is 11.6 Å². The number of H-pyrrole nitrogens is 1. The predicted octanol–water partition coefficient (Wildman–Crippen LogP) is 3.03. The Balaban J connectivity index is 2.72. The SMILES string of the molecule is Cc1ccc(-c2[nH]c(=O)c(Cl)c(N)c2C)cc1F. The summed E-state index contributed by atoms with van der Waals surface area (Å²) in [5.74, 6) is -0.332. The highest BCUT2D eigenvalue weighted by molar-refractivity contribution is 6.33. The molecule has 5 heteroatoms. The maximum absolute atomic E-state index is 13.5. The first-order chi connectivity index (χ1) is 8.41. The molecular weight excluding hydrogens is 255 g/mol. The summed E-state index contributed by atoms with van der Waals surface area (Å²) in [6, 6.07) is 4.73. The zero-order valence-corrected chi connectivity index (χ0v) is 10.7. The Bertz CT molecular complexity index is 679. The summed E-state index contributed by atoms with van der Waals surface area (Å²) in [6.45, 7) is 3.40. The Morgan fingerprint density at radius 2 is 2.00 bits per heavy atom. The summed E-state index contributed by atoms with van der Waals surface area (Å²) >= 11 is 5.76. The predicted molar refractivity (Wildman–Crippen MR) is 71.4 cm³/mol. The minimum absolute atomic E-state index is 0.0381. The summed E-state index contributed by atoms with van der Waals surface area (Å²) in [5.41, 5.74) is 7.71. The van der Waals surface area contributed by atoms with Crippen LogP contribution in [0, 0.1) is 19.7 Å². The normalized spacial score (nSPS) is 10.7. The van der Waals surface area contributed by atoms with Crippen LogP contribution < -0.4 is 11.3 Å². The van der Waals surface area contributed by atoms with E-state index < -0.39 is 5.56 Å². The quantitative estimate of drug-likeness (QED) is 0.833. The van der Waals surface area contributed by atoms with Crippen LogP contribution in [0.5, 0.6) is 0 Å². The summed E-state index contributed by atoms with van der Waals surface area (Å²) in [7, 11) is 0. The fourth-order valence-electron chi connectivity index (χ4n) is 1.72. The molecule has 0 aliphatic rings. The highest BCUT2D eigenvalue weighted by atomic mass is 35.5. The van der Waals surface area contributed by atoms with Crippen LogP contribution in [0.15, 0.2) is 23.0 Å². The minimum Gasteiger partial charge on any atom is -0.397 e. The van der Waals surface area contributed by atoms with Gasteiger partial charge in [0.25, 0.3) is 5.56 Å². The van der Waals surface area contributed by atoms with Crippen molar-refractivity contribution in [1.82, 2.24) is 4.98 Å². The van der Waals surface area contributed by atoms with E-state index in [9.17, 15) is 9.18 Å². The lowest BCUT2D eigenvalue weighted by Crippen LogP contribution is -2.12. The number of anilines is 1. The van der Waals surface area contributed by atoms with Crippen LogP contribution in [0.4, 0.5) is 10.1 Å². The van der Waals surface area contributed by atoms with Gasteiger partial charge in [0.1, 0.15) is 10.8 Å². The Morgan fingerprint density at radius 3 is 2.61 bits per heavy atom. The number of pyridine rings is 1. The molecule has 0 saturated heterocycles. The van der Waals surface area contributed by atoms with Crippen LogP contribution in [0.2, 0.25) is 5.02 Å². The van der Waals surface area contributed by atoms with Crippen LogP contribution in [0.3, 0.4) is 0 Å². The number of aromatic amines is 1. The van der Waals surface area contributed by atoms with E-state index in [0.29, 0.717) is 22.4 Å². The molecule has 0 fully saturated rings. The Labute approximate surface area is 108 Å². The Morgan fingerprint density at radius 1 is 1.33 bits per heavy atom. The van der Waals surface area contributed by atoms with Crippen LogP contribution in [0.25, 0.3) is 11.3 Å². The summed E-state index contributed by atoms with van der Waals surface area (Å²) in [6.07, 6.45) is 0. The standard InChI is InChI=1S/C13H12ClFN2O/c1-6-3-4-8(5-9(6)15)12-7(2)11(16)10(14)13(18)17-12/h3-5H,1-2H3,(H3,16,17,18). The monoisotopic (exact) mass is 266 g/mol. The average molecular weight is 267 g/mol. The summed E-state index contributed by atoms with van der Waals surface area (Å²) < 4.78 is 13.5. The van der Waals surface area contributed by atoms with Crippen molar-refractivity contribution in [2.24, 2.45) is 0 Å². The fraction of sp³-hybridized carbons (Fsp3) is 0.154. The van der Waals surface area contributed by atoms with Crippen molar-refractivity contribution in [3.05, 3.63) is 50.5 Å². The number of aryl methyl sites for hydroxylation is 1. The van der Waals surface area contributed by atoms with Gasteiger partial charge in [-0.25, -0.2) is 4.39 Å². The molecule has 0 aliphatic heterocycles. The van der Waals surface area contributed by atoms with E-state index in [-0.39, 0.29) is 16.5 Å². The molecule has 18 heavy (non-hydrogen) atoms. The van der Waals surface area contributed by atoms with Crippen molar-refractivity contribution in [3.8, 4) is 11.3 Å². The molecule has 3 N–H and O–H groups in total. The number of hydrogen-bond acceptors (Lipinski definition) is 2.